The summed E-state index contributed by atoms with van der Waals surface area (Å²) in [4.78, 5) is 22.0. The van der Waals surface area contributed by atoms with Crippen molar-refractivity contribution in [3.8, 4) is 0 Å². The van der Waals surface area contributed by atoms with Gasteiger partial charge in [-0.15, -0.1) is 11.3 Å². The Labute approximate surface area is 134 Å². The lowest BCUT2D eigenvalue weighted by Crippen LogP contribution is -2.31. The zero-order chi connectivity index (χ0) is 15.7. The first-order chi connectivity index (χ1) is 10.6. The van der Waals surface area contributed by atoms with Crippen molar-refractivity contribution in [2.24, 2.45) is 0 Å². The SMILES string of the molecule is C[C@H](O)CN(C)Cc1c(C(=O)N2CCCC2)nc2sccn12. The second-order valence-corrected chi connectivity index (χ2v) is 6.88. The first-order valence-corrected chi connectivity index (χ1v) is 8.54. The fourth-order valence-electron chi connectivity index (χ4n) is 3.00. The zero-order valence-corrected chi connectivity index (χ0v) is 13.8. The summed E-state index contributed by atoms with van der Waals surface area (Å²) in [6.07, 6.45) is 3.71. The lowest BCUT2D eigenvalue weighted by molar-refractivity contribution is 0.0785. The number of fused-ring (bicyclic) bond motifs is 1. The fraction of sp³-hybridized carbons (Fsp3) is 0.600. The van der Waals surface area contributed by atoms with Crippen LogP contribution < -0.4 is 0 Å². The van der Waals surface area contributed by atoms with E-state index in [0.29, 0.717) is 18.8 Å². The molecule has 1 aliphatic rings. The molecule has 0 spiro atoms. The van der Waals surface area contributed by atoms with Gasteiger partial charge < -0.3 is 10.0 Å². The normalized spacial score (nSPS) is 16.8. The van der Waals surface area contributed by atoms with E-state index in [1.165, 1.54) is 11.3 Å². The Morgan fingerprint density at radius 1 is 1.50 bits per heavy atom. The van der Waals surface area contributed by atoms with Crippen molar-refractivity contribution in [3.63, 3.8) is 0 Å². The summed E-state index contributed by atoms with van der Waals surface area (Å²) in [5.41, 5.74) is 1.47. The van der Waals surface area contributed by atoms with Gasteiger partial charge >= 0.3 is 0 Å². The molecule has 0 saturated carbocycles. The van der Waals surface area contributed by atoms with E-state index in [4.69, 9.17) is 0 Å². The number of aliphatic hydroxyl groups excluding tert-OH is 1. The number of amides is 1. The smallest absolute Gasteiger partial charge is 0.274 e. The molecule has 3 rings (SSSR count). The van der Waals surface area contributed by atoms with Gasteiger partial charge in [-0.05, 0) is 26.8 Å². The number of carbonyl (C=O) groups excluding carboxylic acids is 1. The molecule has 1 fully saturated rings. The van der Waals surface area contributed by atoms with Gasteiger partial charge in [0.25, 0.3) is 5.91 Å². The van der Waals surface area contributed by atoms with Crippen LogP contribution in [0.4, 0.5) is 0 Å². The van der Waals surface area contributed by atoms with Crippen LogP contribution in [0.5, 0.6) is 0 Å². The predicted molar refractivity (Wildman–Crippen MR) is 86.2 cm³/mol. The van der Waals surface area contributed by atoms with Crippen molar-refractivity contribution in [1.82, 2.24) is 19.2 Å². The van der Waals surface area contributed by atoms with Crippen LogP contribution in [-0.4, -0.2) is 63.0 Å². The van der Waals surface area contributed by atoms with Crippen molar-refractivity contribution in [1.29, 1.82) is 0 Å². The maximum Gasteiger partial charge on any atom is 0.274 e. The summed E-state index contributed by atoms with van der Waals surface area (Å²) < 4.78 is 1.99. The number of hydrogen-bond donors (Lipinski definition) is 1. The van der Waals surface area contributed by atoms with Gasteiger partial charge in [0.2, 0.25) is 0 Å². The summed E-state index contributed by atoms with van der Waals surface area (Å²) in [5.74, 6) is 0.0360. The Morgan fingerprint density at radius 2 is 2.23 bits per heavy atom. The van der Waals surface area contributed by atoms with E-state index < -0.39 is 6.10 Å². The van der Waals surface area contributed by atoms with Gasteiger partial charge in [-0.2, -0.15) is 0 Å². The second kappa shape index (κ2) is 6.36. The monoisotopic (exact) mass is 322 g/mol. The minimum Gasteiger partial charge on any atom is -0.392 e. The summed E-state index contributed by atoms with van der Waals surface area (Å²) in [7, 11) is 1.95. The molecular weight excluding hydrogens is 300 g/mol. The number of carbonyl (C=O) groups is 1. The molecule has 0 aliphatic carbocycles. The number of thiazole rings is 1. The molecule has 6 nitrogen and oxygen atoms in total. The third-order valence-corrected chi connectivity index (χ3v) is 4.71. The Morgan fingerprint density at radius 3 is 2.91 bits per heavy atom. The van der Waals surface area contributed by atoms with Crippen molar-refractivity contribution in [3.05, 3.63) is 23.0 Å². The van der Waals surface area contributed by atoms with Crippen molar-refractivity contribution >= 4 is 22.2 Å². The molecule has 0 unspecified atom stereocenters. The molecule has 3 heterocycles. The Kier molecular flexibility index (Phi) is 4.46. The van der Waals surface area contributed by atoms with Gasteiger partial charge in [0, 0.05) is 37.8 Å². The molecule has 22 heavy (non-hydrogen) atoms. The molecule has 1 N–H and O–H groups in total. The highest BCUT2D eigenvalue weighted by Gasteiger charge is 2.26. The highest BCUT2D eigenvalue weighted by atomic mass is 32.1. The van der Waals surface area contributed by atoms with E-state index in [0.717, 1.165) is 36.6 Å². The number of aliphatic hydroxyl groups is 1. The summed E-state index contributed by atoms with van der Waals surface area (Å²) in [6.45, 7) is 4.58. The highest BCUT2D eigenvalue weighted by molar-refractivity contribution is 7.15. The van der Waals surface area contributed by atoms with Crippen LogP contribution in [0.25, 0.3) is 4.96 Å². The summed E-state index contributed by atoms with van der Waals surface area (Å²) in [5, 5.41) is 11.5. The van der Waals surface area contributed by atoms with Crippen LogP contribution >= 0.6 is 11.3 Å². The average molecular weight is 322 g/mol. The Balaban J connectivity index is 1.90. The van der Waals surface area contributed by atoms with E-state index in [2.05, 4.69) is 4.98 Å². The number of likely N-dealkylation sites (N-methyl/N-ethyl adjacent to an activating group) is 1. The lowest BCUT2D eigenvalue weighted by atomic mass is 10.2. The largest absolute Gasteiger partial charge is 0.392 e. The number of aromatic nitrogens is 2. The molecule has 1 amide bonds. The topological polar surface area (TPSA) is 61.1 Å². The first-order valence-electron chi connectivity index (χ1n) is 7.66. The number of nitrogens with zero attached hydrogens (tertiary/aromatic N) is 4. The maximum atomic E-state index is 12.7. The molecule has 0 bridgehead atoms. The standard InChI is InChI=1S/C15H22N4O2S/c1-11(20)9-17(2)10-12-13(14(21)18-5-3-4-6-18)16-15-19(12)7-8-22-15/h7-8,11,20H,3-6,9-10H2,1-2H3/t11-/m0/s1. The molecule has 0 radical (unpaired) electrons. The lowest BCUT2D eigenvalue weighted by Gasteiger charge is -2.19. The van der Waals surface area contributed by atoms with Gasteiger partial charge in [0.05, 0.1) is 11.8 Å². The van der Waals surface area contributed by atoms with Crippen LogP contribution in [0.2, 0.25) is 0 Å². The van der Waals surface area contributed by atoms with E-state index in [-0.39, 0.29) is 5.91 Å². The molecule has 2 aromatic rings. The van der Waals surface area contributed by atoms with Gasteiger partial charge in [0.1, 0.15) is 0 Å². The van der Waals surface area contributed by atoms with Gasteiger partial charge in [-0.25, -0.2) is 4.98 Å². The zero-order valence-electron chi connectivity index (χ0n) is 13.0. The number of hydrogen-bond acceptors (Lipinski definition) is 5. The molecule has 120 valence electrons. The van der Waals surface area contributed by atoms with Gasteiger partial charge in [-0.1, -0.05) is 0 Å². The highest BCUT2D eigenvalue weighted by Crippen LogP contribution is 2.22. The minimum absolute atomic E-state index is 0.0360. The van der Waals surface area contributed by atoms with E-state index in [9.17, 15) is 9.90 Å². The molecule has 1 atom stereocenters. The van der Waals surface area contributed by atoms with Crippen LogP contribution in [0.15, 0.2) is 11.6 Å². The van der Waals surface area contributed by atoms with Crippen LogP contribution in [0.1, 0.15) is 35.9 Å². The molecule has 2 aromatic heterocycles. The molecular formula is C15H22N4O2S. The number of imidazole rings is 1. The second-order valence-electron chi connectivity index (χ2n) is 6.01. The third kappa shape index (κ3) is 3.02. The minimum atomic E-state index is -0.395. The molecule has 1 saturated heterocycles. The summed E-state index contributed by atoms with van der Waals surface area (Å²) in [6, 6.07) is 0. The molecule has 1 aliphatic heterocycles. The number of rotatable bonds is 5. The predicted octanol–water partition coefficient (Wildman–Crippen LogP) is 1.44. The average Bonchev–Trinajstić information content (AvgIpc) is 3.14. The number of likely N-dealkylation sites (tertiary alicyclic amines) is 1. The molecule has 7 heteroatoms. The summed E-state index contributed by atoms with van der Waals surface area (Å²) >= 11 is 1.54. The van der Waals surface area contributed by atoms with E-state index >= 15 is 0 Å². The first kappa shape index (κ1) is 15.5. The van der Waals surface area contributed by atoms with Crippen LogP contribution in [0.3, 0.4) is 0 Å². The van der Waals surface area contributed by atoms with Gasteiger partial charge in [0.15, 0.2) is 10.7 Å². The third-order valence-electron chi connectivity index (χ3n) is 3.95. The Hall–Kier alpha value is -1.44. The van der Waals surface area contributed by atoms with Crippen LogP contribution in [-0.2, 0) is 6.54 Å². The van der Waals surface area contributed by atoms with Crippen molar-refractivity contribution in [2.45, 2.75) is 32.4 Å². The van der Waals surface area contributed by atoms with Gasteiger partial charge in [-0.3, -0.25) is 14.1 Å². The van der Waals surface area contributed by atoms with Crippen LogP contribution in [0, 0.1) is 0 Å². The van der Waals surface area contributed by atoms with Crippen molar-refractivity contribution in [2.75, 3.05) is 26.7 Å². The quantitative estimate of drug-likeness (QED) is 0.905. The van der Waals surface area contributed by atoms with Crippen molar-refractivity contribution < 1.29 is 9.90 Å². The van der Waals surface area contributed by atoms with E-state index in [1.807, 2.05) is 32.8 Å². The van der Waals surface area contributed by atoms with E-state index in [1.54, 1.807) is 6.92 Å². The maximum absolute atomic E-state index is 12.7. The molecule has 0 aromatic carbocycles. The Bertz CT molecular complexity index is 658. The fourth-order valence-corrected chi connectivity index (χ4v) is 3.73.